The molecule has 0 aliphatic heterocycles. The van der Waals surface area contributed by atoms with E-state index in [1.165, 1.54) is 21.8 Å². The fourth-order valence-corrected chi connectivity index (χ4v) is 3.56. The lowest BCUT2D eigenvalue weighted by molar-refractivity contribution is 0.0702. The van der Waals surface area contributed by atoms with Gasteiger partial charge in [0.15, 0.2) is 0 Å². The molecule has 106 valence electrons. The van der Waals surface area contributed by atoms with Gasteiger partial charge < -0.3 is 5.11 Å². The zero-order valence-electron chi connectivity index (χ0n) is 11.8. The summed E-state index contributed by atoms with van der Waals surface area (Å²) in [4.78, 5) is 13.5. The first-order chi connectivity index (χ1) is 9.36. The number of carboxylic acid groups (broad SMARTS) is 1. The van der Waals surface area contributed by atoms with Crippen LogP contribution in [0.4, 0.5) is 0 Å². The highest BCUT2D eigenvalue weighted by Crippen LogP contribution is 2.29. The summed E-state index contributed by atoms with van der Waals surface area (Å²) >= 11 is 3.08. The van der Waals surface area contributed by atoms with Gasteiger partial charge in [0, 0.05) is 15.5 Å². The van der Waals surface area contributed by atoms with Crippen LogP contribution in [0, 0.1) is 0 Å². The number of hydrogen-bond donors (Lipinski definition) is 1. The number of aromatic carboxylic acids is 1. The normalized spacial score (nSPS) is 11.6. The van der Waals surface area contributed by atoms with E-state index in [4.69, 9.17) is 5.11 Å². The smallest absolute Gasteiger partial charge is 0.345 e. The minimum atomic E-state index is -0.846. The van der Waals surface area contributed by atoms with Gasteiger partial charge in [0.05, 0.1) is 0 Å². The summed E-state index contributed by atoms with van der Waals surface area (Å²) in [6.07, 6.45) is 0. The molecule has 0 saturated carbocycles. The van der Waals surface area contributed by atoms with Gasteiger partial charge in [-0.05, 0) is 35.2 Å². The van der Waals surface area contributed by atoms with Crippen LogP contribution in [0.2, 0.25) is 0 Å². The summed E-state index contributed by atoms with van der Waals surface area (Å²) in [7, 11) is 0. The molecule has 1 aromatic carbocycles. The van der Waals surface area contributed by atoms with Crippen molar-refractivity contribution in [2.75, 3.05) is 0 Å². The largest absolute Gasteiger partial charge is 0.477 e. The van der Waals surface area contributed by atoms with Crippen LogP contribution >= 0.6 is 23.1 Å². The second-order valence-electron chi connectivity index (χ2n) is 5.63. The van der Waals surface area contributed by atoms with Crippen LogP contribution in [0.3, 0.4) is 0 Å². The summed E-state index contributed by atoms with van der Waals surface area (Å²) in [5.74, 6) is -0.0342. The number of thioether (sulfide) groups is 1. The first kappa shape index (κ1) is 15.1. The Balaban J connectivity index is 1.98. The molecule has 0 fully saturated rings. The summed E-state index contributed by atoms with van der Waals surface area (Å²) in [5.41, 5.74) is 1.50. The van der Waals surface area contributed by atoms with Gasteiger partial charge in [0.2, 0.25) is 0 Å². The van der Waals surface area contributed by atoms with E-state index >= 15 is 0 Å². The van der Waals surface area contributed by atoms with Crippen LogP contribution in [0.15, 0.2) is 41.3 Å². The second kappa shape index (κ2) is 6.02. The van der Waals surface area contributed by atoms with Gasteiger partial charge in [0.1, 0.15) is 4.88 Å². The molecule has 0 amide bonds. The van der Waals surface area contributed by atoms with Crippen molar-refractivity contribution in [1.29, 1.82) is 0 Å². The third-order valence-corrected chi connectivity index (χ3v) is 5.29. The minimum absolute atomic E-state index is 0.174. The van der Waals surface area contributed by atoms with Crippen molar-refractivity contribution in [2.45, 2.75) is 36.8 Å². The molecule has 1 heterocycles. The van der Waals surface area contributed by atoms with Crippen LogP contribution in [-0.2, 0) is 11.2 Å². The topological polar surface area (TPSA) is 37.3 Å². The summed E-state index contributed by atoms with van der Waals surface area (Å²) < 4.78 is 0. The van der Waals surface area contributed by atoms with Crippen molar-refractivity contribution < 1.29 is 9.90 Å². The molecular formula is C16H18O2S2. The monoisotopic (exact) mass is 306 g/mol. The Morgan fingerprint density at radius 3 is 2.30 bits per heavy atom. The summed E-state index contributed by atoms with van der Waals surface area (Å²) in [6, 6.07) is 12.2. The summed E-state index contributed by atoms with van der Waals surface area (Å²) in [6.45, 7) is 6.61. The molecule has 4 heteroatoms. The second-order valence-corrected chi connectivity index (χ2v) is 7.85. The van der Waals surface area contributed by atoms with Crippen LogP contribution in [0.25, 0.3) is 0 Å². The van der Waals surface area contributed by atoms with Crippen molar-refractivity contribution >= 4 is 29.1 Å². The van der Waals surface area contributed by atoms with Crippen LogP contribution in [0.1, 0.15) is 40.9 Å². The molecule has 2 nitrogen and oxygen atoms in total. The molecule has 0 bridgehead atoms. The lowest BCUT2D eigenvalue weighted by Crippen LogP contribution is -2.10. The lowest BCUT2D eigenvalue weighted by Gasteiger charge is -2.19. The van der Waals surface area contributed by atoms with E-state index in [1.807, 2.05) is 6.07 Å². The number of benzene rings is 1. The third-order valence-electron chi connectivity index (χ3n) is 2.97. The number of thiophene rings is 1. The zero-order chi connectivity index (χ0) is 14.8. The first-order valence-corrected chi connectivity index (χ1v) is 8.22. The Labute approximate surface area is 127 Å². The van der Waals surface area contributed by atoms with Gasteiger partial charge in [-0.3, -0.25) is 0 Å². The van der Waals surface area contributed by atoms with E-state index in [9.17, 15) is 4.79 Å². The Kier molecular flexibility index (Phi) is 4.55. The lowest BCUT2D eigenvalue weighted by atomic mass is 9.87. The van der Waals surface area contributed by atoms with E-state index < -0.39 is 5.97 Å². The Hall–Kier alpha value is -1.26. The zero-order valence-corrected chi connectivity index (χ0v) is 13.5. The molecule has 1 aromatic heterocycles. The highest BCUT2D eigenvalue weighted by atomic mass is 32.2. The van der Waals surface area contributed by atoms with Gasteiger partial charge in [0.25, 0.3) is 0 Å². The highest BCUT2D eigenvalue weighted by molar-refractivity contribution is 7.98. The van der Waals surface area contributed by atoms with Crippen molar-refractivity contribution in [3.8, 4) is 0 Å². The van der Waals surface area contributed by atoms with E-state index in [0.717, 1.165) is 10.6 Å². The molecule has 0 unspecified atom stereocenters. The van der Waals surface area contributed by atoms with Crippen LogP contribution in [-0.4, -0.2) is 11.1 Å². The van der Waals surface area contributed by atoms with Gasteiger partial charge in [-0.25, -0.2) is 4.79 Å². The Morgan fingerprint density at radius 1 is 1.15 bits per heavy atom. The predicted molar refractivity (Wildman–Crippen MR) is 86.0 cm³/mol. The average molecular weight is 306 g/mol. The van der Waals surface area contributed by atoms with Crippen LogP contribution < -0.4 is 0 Å². The fraction of sp³-hybridized carbons (Fsp3) is 0.312. The molecule has 0 aliphatic rings. The molecule has 0 saturated heterocycles. The van der Waals surface area contributed by atoms with E-state index in [-0.39, 0.29) is 5.41 Å². The molecular weight excluding hydrogens is 288 g/mol. The molecule has 0 atom stereocenters. The average Bonchev–Trinajstić information content (AvgIpc) is 2.85. The molecule has 1 N–H and O–H groups in total. The summed E-state index contributed by atoms with van der Waals surface area (Å²) in [5, 5.41) is 8.89. The highest BCUT2D eigenvalue weighted by Gasteiger charge is 2.13. The van der Waals surface area contributed by atoms with Gasteiger partial charge in [-0.1, -0.05) is 32.9 Å². The quantitative estimate of drug-likeness (QED) is 0.804. The van der Waals surface area contributed by atoms with Crippen molar-refractivity contribution in [1.82, 2.24) is 0 Å². The number of rotatable bonds is 4. The maximum atomic E-state index is 10.8. The number of carboxylic acids is 1. The van der Waals surface area contributed by atoms with E-state index in [2.05, 4.69) is 45.0 Å². The van der Waals surface area contributed by atoms with Crippen LogP contribution in [0.5, 0.6) is 0 Å². The van der Waals surface area contributed by atoms with Crippen molar-refractivity contribution in [3.63, 3.8) is 0 Å². The Bertz CT molecular complexity index is 592. The van der Waals surface area contributed by atoms with Gasteiger partial charge >= 0.3 is 5.97 Å². The van der Waals surface area contributed by atoms with Gasteiger partial charge in [-0.2, -0.15) is 0 Å². The number of hydrogen-bond acceptors (Lipinski definition) is 3. The first-order valence-electron chi connectivity index (χ1n) is 6.41. The van der Waals surface area contributed by atoms with Crippen molar-refractivity contribution in [2.24, 2.45) is 0 Å². The van der Waals surface area contributed by atoms with Crippen molar-refractivity contribution in [3.05, 3.63) is 51.7 Å². The SMILES string of the molecule is CC(C)(C)c1ccc(SCc2ccc(C(=O)O)s2)cc1. The van der Waals surface area contributed by atoms with E-state index in [1.54, 1.807) is 17.8 Å². The number of carbonyl (C=O) groups is 1. The molecule has 2 rings (SSSR count). The molecule has 0 spiro atoms. The maximum absolute atomic E-state index is 10.8. The Morgan fingerprint density at radius 2 is 1.80 bits per heavy atom. The minimum Gasteiger partial charge on any atom is -0.477 e. The fourth-order valence-electron chi connectivity index (χ4n) is 1.78. The van der Waals surface area contributed by atoms with Gasteiger partial charge in [-0.15, -0.1) is 23.1 Å². The molecule has 2 aromatic rings. The maximum Gasteiger partial charge on any atom is 0.345 e. The molecule has 20 heavy (non-hydrogen) atoms. The predicted octanol–water partition coefficient (Wildman–Crippen LogP) is 5.04. The standard InChI is InChI=1S/C16H18O2S2/c1-16(2,3)11-4-6-12(7-5-11)19-10-13-8-9-14(20-13)15(17)18/h4-9H,10H2,1-3H3,(H,17,18). The van der Waals surface area contributed by atoms with E-state index in [0.29, 0.717) is 4.88 Å². The molecule has 0 radical (unpaired) electrons. The molecule has 0 aliphatic carbocycles. The third kappa shape index (κ3) is 3.87.